The fourth-order valence-electron chi connectivity index (χ4n) is 6.22. The summed E-state index contributed by atoms with van der Waals surface area (Å²) in [4.78, 5) is 27.6. The van der Waals surface area contributed by atoms with E-state index in [0.717, 1.165) is 40.7 Å². The van der Waals surface area contributed by atoms with E-state index in [0.29, 0.717) is 31.5 Å². The van der Waals surface area contributed by atoms with E-state index < -0.39 is 7.12 Å². The highest BCUT2D eigenvalue weighted by molar-refractivity contribution is 6.43. The Morgan fingerprint density at radius 3 is 2.50 bits per heavy atom. The third kappa shape index (κ3) is 4.48. The number of allylic oxidation sites excluding steroid dienone is 2. The molecule has 2 aliphatic heterocycles. The van der Waals surface area contributed by atoms with Crippen LogP contribution < -0.4 is 0 Å². The molecule has 7 heteroatoms. The number of hydrogen-bond acceptors (Lipinski definition) is 5. The lowest BCUT2D eigenvalue weighted by molar-refractivity contribution is -0.140. The molecule has 2 saturated heterocycles. The Kier molecular flexibility index (Phi) is 7.06. The summed E-state index contributed by atoms with van der Waals surface area (Å²) >= 11 is 0. The molecule has 0 unspecified atom stereocenters. The molecule has 2 N–H and O–H groups in total. The van der Waals surface area contributed by atoms with Crippen LogP contribution in [0.2, 0.25) is 6.32 Å². The van der Waals surface area contributed by atoms with Crippen molar-refractivity contribution in [3.05, 3.63) is 45.5 Å². The number of phenols is 1. The number of aryl methyl sites for hydroxylation is 2. The third-order valence-electron chi connectivity index (χ3n) is 7.72. The number of rotatable bonds is 6. The number of benzene rings is 1. The van der Waals surface area contributed by atoms with Crippen LogP contribution in [0.3, 0.4) is 0 Å². The van der Waals surface area contributed by atoms with E-state index in [1.807, 2.05) is 32.9 Å². The second-order valence-corrected chi connectivity index (χ2v) is 10.4. The van der Waals surface area contributed by atoms with Crippen molar-refractivity contribution in [3.63, 3.8) is 0 Å². The average molecular weight is 465 g/mol. The van der Waals surface area contributed by atoms with Crippen molar-refractivity contribution in [2.24, 2.45) is 17.8 Å². The van der Waals surface area contributed by atoms with E-state index >= 15 is 0 Å². The predicted octanol–water partition coefficient (Wildman–Crippen LogP) is 4.42. The minimum absolute atomic E-state index is 0.0500. The van der Waals surface area contributed by atoms with Gasteiger partial charge in [0.2, 0.25) is 11.8 Å². The van der Waals surface area contributed by atoms with Crippen molar-refractivity contribution in [1.29, 1.82) is 0 Å². The van der Waals surface area contributed by atoms with Gasteiger partial charge in [0.05, 0.1) is 17.9 Å². The summed E-state index contributed by atoms with van der Waals surface area (Å²) in [5, 5.41) is 20.6. The summed E-state index contributed by atoms with van der Waals surface area (Å²) in [6.45, 7) is 10.4. The molecule has 0 radical (unpaired) electrons. The number of nitrogens with zero attached hydrogens (tertiary/aromatic N) is 1. The summed E-state index contributed by atoms with van der Waals surface area (Å²) in [6, 6.07) is 3.95. The Bertz CT molecular complexity index is 1040. The van der Waals surface area contributed by atoms with E-state index in [1.165, 1.54) is 10.5 Å². The van der Waals surface area contributed by atoms with E-state index in [4.69, 9.17) is 4.65 Å². The van der Waals surface area contributed by atoms with Crippen LogP contribution in [0.1, 0.15) is 63.1 Å². The van der Waals surface area contributed by atoms with Crippen LogP contribution in [0, 0.1) is 31.6 Å². The van der Waals surface area contributed by atoms with Gasteiger partial charge in [-0.05, 0) is 100 Å². The quantitative estimate of drug-likeness (QED) is 0.369. The van der Waals surface area contributed by atoms with E-state index in [-0.39, 0.29) is 35.7 Å². The molecule has 1 aliphatic carbocycles. The summed E-state index contributed by atoms with van der Waals surface area (Å²) in [5.41, 5.74) is 6.19. The first-order valence-electron chi connectivity index (χ1n) is 12.5. The normalized spacial score (nSPS) is 27.4. The van der Waals surface area contributed by atoms with Gasteiger partial charge in [0.1, 0.15) is 5.75 Å². The highest BCUT2D eigenvalue weighted by atomic mass is 16.5. The highest BCUT2D eigenvalue weighted by Crippen LogP contribution is 2.50. The zero-order valence-corrected chi connectivity index (χ0v) is 20.9. The summed E-state index contributed by atoms with van der Waals surface area (Å²) < 4.78 is 5.99. The number of likely N-dealkylation sites (tertiary alicyclic amines) is 1. The molecule has 4 atom stereocenters. The molecule has 0 bridgehead atoms. The van der Waals surface area contributed by atoms with Crippen LogP contribution in [0.15, 0.2) is 28.9 Å². The number of amides is 2. The number of carbonyl (C=O) groups is 2. The molecule has 34 heavy (non-hydrogen) atoms. The van der Waals surface area contributed by atoms with Crippen molar-refractivity contribution in [2.75, 3.05) is 6.54 Å². The van der Waals surface area contributed by atoms with Gasteiger partial charge in [-0.25, -0.2) is 0 Å². The molecule has 0 aromatic heterocycles. The molecular weight excluding hydrogens is 429 g/mol. The molecule has 2 amide bonds. The molecule has 0 saturated carbocycles. The number of aromatic hydroxyl groups is 1. The summed E-state index contributed by atoms with van der Waals surface area (Å²) in [7, 11) is -0.930. The topological polar surface area (TPSA) is 87.1 Å². The lowest BCUT2D eigenvalue weighted by Crippen LogP contribution is -2.46. The Morgan fingerprint density at radius 1 is 1.18 bits per heavy atom. The minimum atomic E-state index is -0.930. The molecule has 1 aromatic rings. The highest BCUT2D eigenvalue weighted by Gasteiger charge is 2.56. The lowest BCUT2D eigenvalue weighted by atomic mass is 9.59. The molecular formula is C27H36BNO5. The molecule has 2 fully saturated rings. The summed E-state index contributed by atoms with van der Waals surface area (Å²) in [5.74, 6) is -0.613. The van der Waals surface area contributed by atoms with Crippen molar-refractivity contribution in [2.45, 2.75) is 72.7 Å². The maximum Gasteiger partial charge on any atom is 0.455 e. The Hall–Kier alpha value is -2.38. The van der Waals surface area contributed by atoms with Crippen molar-refractivity contribution < 1.29 is 24.4 Å². The number of fused-ring (bicyclic) bond motifs is 3. The maximum atomic E-state index is 13.2. The van der Waals surface area contributed by atoms with Gasteiger partial charge in [0.15, 0.2) is 0 Å². The second kappa shape index (κ2) is 9.71. The molecule has 0 spiro atoms. The number of phenolic OH excluding ortho intramolecular Hbond substituents is 1. The smallest absolute Gasteiger partial charge is 0.455 e. The number of carbonyl (C=O) groups excluding carboxylic acids is 2. The van der Waals surface area contributed by atoms with Gasteiger partial charge in [-0.3, -0.25) is 14.5 Å². The molecule has 3 aliphatic rings. The SMILES string of the molecule is CCCN1C(=O)[C@@H]2[C@@H](CC(C)=C3[C@@H](CC/C(C)=C/c4cc(C)c(O)c(C)c4)OB(O)C[C@@H]32)C1=O. The van der Waals surface area contributed by atoms with Gasteiger partial charge in [-0.2, -0.15) is 0 Å². The average Bonchev–Trinajstić information content (AvgIpc) is 3.00. The van der Waals surface area contributed by atoms with Gasteiger partial charge < -0.3 is 14.8 Å². The van der Waals surface area contributed by atoms with Crippen molar-refractivity contribution >= 4 is 25.0 Å². The lowest BCUT2D eigenvalue weighted by Gasteiger charge is -2.42. The van der Waals surface area contributed by atoms with Gasteiger partial charge >= 0.3 is 7.12 Å². The van der Waals surface area contributed by atoms with Crippen molar-refractivity contribution in [3.8, 4) is 5.75 Å². The van der Waals surface area contributed by atoms with Crippen LogP contribution in [0.5, 0.6) is 5.75 Å². The van der Waals surface area contributed by atoms with Crippen molar-refractivity contribution in [1.82, 2.24) is 4.90 Å². The fourth-order valence-corrected chi connectivity index (χ4v) is 6.22. The predicted molar refractivity (Wildman–Crippen MR) is 133 cm³/mol. The monoisotopic (exact) mass is 465 g/mol. The Labute approximate surface area is 202 Å². The van der Waals surface area contributed by atoms with E-state index in [1.54, 1.807) is 0 Å². The molecule has 4 rings (SSSR count). The first kappa shape index (κ1) is 24.7. The molecule has 2 heterocycles. The van der Waals surface area contributed by atoms with Gasteiger partial charge in [0, 0.05) is 6.54 Å². The van der Waals surface area contributed by atoms with Gasteiger partial charge in [-0.15, -0.1) is 0 Å². The first-order chi connectivity index (χ1) is 16.1. The first-order valence-corrected chi connectivity index (χ1v) is 12.5. The maximum absolute atomic E-state index is 13.2. The van der Waals surface area contributed by atoms with Gasteiger partial charge in [-0.1, -0.05) is 24.1 Å². The van der Waals surface area contributed by atoms with Crippen LogP contribution >= 0.6 is 0 Å². The standard InChI is InChI=1S/C27H36BNO5/c1-6-9-29-26(31)20-13-16(3)23-21(24(20)27(29)32)14-28(33)34-22(23)8-7-15(2)10-19-11-17(4)25(30)18(5)12-19/h10-12,20-22,24,30,33H,6-9,13-14H2,1-5H3/b15-10+/t20-,21+,22-,24-/m1/s1. The van der Waals surface area contributed by atoms with E-state index in [2.05, 4.69) is 19.9 Å². The number of hydrogen-bond donors (Lipinski definition) is 2. The fraction of sp³-hybridized carbons (Fsp3) is 0.556. The van der Waals surface area contributed by atoms with Crippen LogP contribution in [-0.4, -0.2) is 46.6 Å². The largest absolute Gasteiger partial charge is 0.507 e. The van der Waals surface area contributed by atoms with Gasteiger partial charge in [0.25, 0.3) is 0 Å². The van der Waals surface area contributed by atoms with Crippen LogP contribution in [-0.2, 0) is 14.2 Å². The van der Waals surface area contributed by atoms with Crippen LogP contribution in [0.25, 0.3) is 6.08 Å². The molecule has 182 valence electrons. The second-order valence-electron chi connectivity index (χ2n) is 10.4. The summed E-state index contributed by atoms with van der Waals surface area (Å²) in [6.07, 6.45) is 5.06. The van der Waals surface area contributed by atoms with E-state index in [9.17, 15) is 19.7 Å². The number of imide groups is 1. The molecule has 6 nitrogen and oxygen atoms in total. The third-order valence-corrected chi connectivity index (χ3v) is 7.72. The Balaban J connectivity index is 1.54. The minimum Gasteiger partial charge on any atom is -0.507 e. The van der Waals surface area contributed by atoms with Crippen LogP contribution in [0.4, 0.5) is 0 Å². The molecule has 1 aromatic carbocycles. The Morgan fingerprint density at radius 2 is 1.85 bits per heavy atom. The zero-order valence-electron chi connectivity index (χ0n) is 20.9. The zero-order chi connectivity index (χ0) is 24.7.